The van der Waals surface area contributed by atoms with Crippen molar-refractivity contribution in [1.29, 1.82) is 0 Å². The van der Waals surface area contributed by atoms with Gasteiger partial charge in [-0.1, -0.05) is 31.5 Å². The lowest BCUT2D eigenvalue weighted by molar-refractivity contribution is -0.115. The number of aliphatic hydroxyl groups is 1. The zero-order valence-corrected chi connectivity index (χ0v) is 16.4. The molecule has 138 valence electrons. The van der Waals surface area contributed by atoms with Crippen molar-refractivity contribution in [2.24, 2.45) is 5.92 Å². The number of hydrogen-bond acceptors (Lipinski definition) is 4. The molecule has 0 saturated carbocycles. The summed E-state index contributed by atoms with van der Waals surface area (Å²) in [6, 6.07) is 4.16. The Balaban J connectivity index is 2.41. The number of sulfone groups is 1. The third-order valence-corrected chi connectivity index (χ3v) is 5.86. The molecule has 4 nitrogen and oxygen atoms in total. The van der Waals surface area contributed by atoms with Gasteiger partial charge in [-0.3, -0.25) is 4.79 Å². The highest BCUT2D eigenvalue weighted by atomic mass is 32.2. The minimum Gasteiger partial charge on any atom is -0.512 e. The van der Waals surface area contributed by atoms with E-state index in [4.69, 9.17) is 0 Å². The largest absolute Gasteiger partial charge is 0.512 e. The molecule has 0 amide bonds. The first-order valence-electron chi connectivity index (χ1n) is 8.92. The molecule has 0 saturated heterocycles. The second-order valence-corrected chi connectivity index (χ2v) is 9.36. The minimum absolute atomic E-state index is 0.0541. The summed E-state index contributed by atoms with van der Waals surface area (Å²) in [6.45, 7) is 6.15. The fourth-order valence-electron chi connectivity index (χ4n) is 3.66. The lowest BCUT2D eigenvalue weighted by atomic mass is 9.79. The lowest BCUT2D eigenvalue weighted by Crippen LogP contribution is -2.22. The van der Waals surface area contributed by atoms with Crippen LogP contribution in [-0.4, -0.2) is 31.3 Å². The summed E-state index contributed by atoms with van der Waals surface area (Å²) in [6.07, 6.45) is 3.88. The number of aryl methyl sites for hydroxylation is 3. The van der Waals surface area contributed by atoms with E-state index >= 15 is 0 Å². The maximum Gasteiger partial charge on any atom is 0.167 e. The first-order chi connectivity index (χ1) is 11.7. The first kappa shape index (κ1) is 19.7. The SMILES string of the molecule is CCc1cc(C)cc(CC)c1C1=C(O)CC(CCS(C)(=O)=O)CC1=O. The van der Waals surface area contributed by atoms with Crippen LogP contribution in [0.15, 0.2) is 17.9 Å². The van der Waals surface area contributed by atoms with E-state index in [0.29, 0.717) is 24.8 Å². The van der Waals surface area contributed by atoms with Crippen molar-refractivity contribution in [2.45, 2.75) is 52.9 Å². The van der Waals surface area contributed by atoms with Crippen LogP contribution in [0.1, 0.15) is 55.4 Å². The van der Waals surface area contributed by atoms with Crippen molar-refractivity contribution in [3.05, 3.63) is 40.1 Å². The molecule has 1 aliphatic carbocycles. The summed E-state index contributed by atoms with van der Waals surface area (Å²) >= 11 is 0. The highest BCUT2D eigenvalue weighted by Crippen LogP contribution is 2.37. The van der Waals surface area contributed by atoms with Crippen LogP contribution in [-0.2, 0) is 27.5 Å². The van der Waals surface area contributed by atoms with E-state index in [2.05, 4.69) is 26.0 Å². The molecule has 0 aromatic heterocycles. The van der Waals surface area contributed by atoms with Crippen LogP contribution in [0.3, 0.4) is 0 Å². The summed E-state index contributed by atoms with van der Waals surface area (Å²) in [7, 11) is -3.06. The molecule has 5 heteroatoms. The molecule has 0 radical (unpaired) electrons. The number of aliphatic hydroxyl groups excluding tert-OH is 1. The first-order valence-corrected chi connectivity index (χ1v) is 11.0. The standard InChI is InChI=1S/C20H28O4S/c1-5-15-9-13(3)10-16(6-2)19(15)20-17(21)11-14(12-18(20)22)7-8-25(4,23)24/h9-10,14,21H,5-8,11-12H2,1-4H3. The summed E-state index contributed by atoms with van der Waals surface area (Å²) < 4.78 is 22.7. The Morgan fingerprint density at radius 1 is 1.12 bits per heavy atom. The normalized spacial score (nSPS) is 18.7. The predicted molar refractivity (Wildman–Crippen MR) is 102 cm³/mol. The Labute approximate surface area is 150 Å². The van der Waals surface area contributed by atoms with Gasteiger partial charge in [-0.15, -0.1) is 0 Å². The van der Waals surface area contributed by atoms with Gasteiger partial charge in [0.15, 0.2) is 5.78 Å². The lowest BCUT2D eigenvalue weighted by Gasteiger charge is -2.26. The molecule has 1 unspecified atom stereocenters. The summed E-state index contributed by atoms with van der Waals surface area (Å²) in [5.74, 6) is -0.0107. The summed E-state index contributed by atoms with van der Waals surface area (Å²) in [5, 5.41) is 10.6. The molecular weight excluding hydrogens is 336 g/mol. The number of rotatable bonds is 6. The number of ketones is 1. The average Bonchev–Trinajstić information content (AvgIpc) is 2.52. The van der Waals surface area contributed by atoms with Crippen LogP contribution >= 0.6 is 0 Å². The minimum atomic E-state index is -3.06. The summed E-state index contributed by atoms with van der Waals surface area (Å²) in [4.78, 5) is 12.8. The van der Waals surface area contributed by atoms with Crippen molar-refractivity contribution in [2.75, 3.05) is 12.0 Å². The van der Waals surface area contributed by atoms with E-state index in [0.717, 1.165) is 35.1 Å². The zero-order valence-electron chi connectivity index (χ0n) is 15.6. The van der Waals surface area contributed by atoms with E-state index in [1.165, 1.54) is 6.26 Å². The maximum atomic E-state index is 12.8. The third-order valence-electron chi connectivity index (χ3n) is 4.88. The van der Waals surface area contributed by atoms with Crippen molar-refractivity contribution in [1.82, 2.24) is 0 Å². The van der Waals surface area contributed by atoms with E-state index in [-0.39, 0.29) is 23.2 Å². The molecule has 0 fully saturated rings. The Hall–Kier alpha value is -1.62. The van der Waals surface area contributed by atoms with Gasteiger partial charge >= 0.3 is 0 Å². The molecule has 1 N–H and O–H groups in total. The molecule has 2 rings (SSSR count). The topological polar surface area (TPSA) is 71.4 Å². The molecule has 1 aromatic carbocycles. The molecule has 0 spiro atoms. The van der Waals surface area contributed by atoms with Gasteiger partial charge in [-0.2, -0.15) is 0 Å². The molecule has 0 aliphatic heterocycles. The van der Waals surface area contributed by atoms with Gasteiger partial charge in [0.25, 0.3) is 0 Å². The van der Waals surface area contributed by atoms with Crippen molar-refractivity contribution < 1.29 is 18.3 Å². The summed E-state index contributed by atoms with van der Waals surface area (Å²) in [5.41, 5.74) is 4.67. The fraction of sp³-hybridized carbons (Fsp3) is 0.550. The number of allylic oxidation sites excluding steroid dienone is 2. The molecule has 1 aromatic rings. The number of benzene rings is 1. The molecule has 25 heavy (non-hydrogen) atoms. The second-order valence-electron chi connectivity index (χ2n) is 7.10. The van der Waals surface area contributed by atoms with Gasteiger partial charge in [0.05, 0.1) is 11.3 Å². The molecule has 0 heterocycles. The number of hydrogen-bond donors (Lipinski definition) is 1. The van der Waals surface area contributed by atoms with Gasteiger partial charge in [-0.05, 0) is 48.8 Å². The van der Waals surface area contributed by atoms with Crippen LogP contribution in [0, 0.1) is 12.8 Å². The van der Waals surface area contributed by atoms with Crippen LogP contribution in [0.25, 0.3) is 5.57 Å². The van der Waals surface area contributed by atoms with Gasteiger partial charge < -0.3 is 5.11 Å². The third kappa shape index (κ3) is 4.72. The van der Waals surface area contributed by atoms with Crippen LogP contribution in [0.5, 0.6) is 0 Å². The maximum absolute atomic E-state index is 12.8. The van der Waals surface area contributed by atoms with Crippen molar-refractivity contribution >= 4 is 21.2 Å². The highest BCUT2D eigenvalue weighted by Gasteiger charge is 2.31. The smallest absolute Gasteiger partial charge is 0.167 e. The Kier molecular flexibility index (Phi) is 6.09. The zero-order chi connectivity index (χ0) is 18.8. The van der Waals surface area contributed by atoms with Crippen molar-refractivity contribution in [3.63, 3.8) is 0 Å². The predicted octanol–water partition coefficient (Wildman–Crippen LogP) is 3.80. The van der Waals surface area contributed by atoms with Gasteiger partial charge in [0, 0.05) is 19.1 Å². The Morgan fingerprint density at radius 3 is 2.12 bits per heavy atom. The van der Waals surface area contributed by atoms with Crippen LogP contribution < -0.4 is 0 Å². The Bertz CT molecular complexity index is 778. The number of carbonyl (C=O) groups excluding carboxylic acids is 1. The average molecular weight is 365 g/mol. The van der Waals surface area contributed by atoms with Crippen molar-refractivity contribution in [3.8, 4) is 0 Å². The van der Waals surface area contributed by atoms with Crippen LogP contribution in [0.4, 0.5) is 0 Å². The fourth-order valence-corrected chi connectivity index (χ4v) is 4.42. The molecule has 1 atom stereocenters. The van der Waals surface area contributed by atoms with E-state index in [9.17, 15) is 18.3 Å². The molecular formula is C20H28O4S. The molecule has 0 bridgehead atoms. The Morgan fingerprint density at radius 2 is 1.68 bits per heavy atom. The van der Waals surface area contributed by atoms with Gasteiger partial charge in [-0.25, -0.2) is 8.42 Å². The van der Waals surface area contributed by atoms with E-state index < -0.39 is 9.84 Å². The van der Waals surface area contributed by atoms with Gasteiger partial charge in [0.2, 0.25) is 0 Å². The van der Waals surface area contributed by atoms with E-state index in [1.54, 1.807) is 0 Å². The van der Waals surface area contributed by atoms with E-state index in [1.807, 2.05) is 6.92 Å². The number of carbonyl (C=O) groups is 1. The number of Topliss-reactive ketones (excluding diaryl/α,β-unsaturated/α-hetero) is 1. The quantitative estimate of drug-likeness (QED) is 0.833. The van der Waals surface area contributed by atoms with Crippen LogP contribution in [0.2, 0.25) is 0 Å². The molecule has 1 aliphatic rings. The second kappa shape index (κ2) is 7.73. The van der Waals surface area contributed by atoms with Gasteiger partial charge in [0.1, 0.15) is 15.6 Å². The highest BCUT2D eigenvalue weighted by molar-refractivity contribution is 7.90. The monoisotopic (exact) mass is 364 g/mol.